The van der Waals surface area contributed by atoms with Crippen molar-refractivity contribution >= 4 is 11.5 Å². The third-order valence-electron chi connectivity index (χ3n) is 2.67. The number of Topliss-reactive ketones (excluding diaryl/α,β-unsaturated/α-hetero) is 1. The van der Waals surface area contributed by atoms with Crippen LogP contribution in [0.4, 0.5) is 5.69 Å². The minimum atomic E-state index is -0.426. The number of hydrogen-bond donors (Lipinski definition) is 1. The number of ether oxygens (including phenoxy) is 1. The Bertz CT molecular complexity index is 487. The van der Waals surface area contributed by atoms with E-state index < -0.39 is 5.41 Å². The Hall–Kier alpha value is -2.02. The van der Waals surface area contributed by atoms with Crippen molar-refractivity contribution in [3.8, 4) is 11.8 Å². The molecule has 0 atom stereocenters. The molecule has 0 radical (unpaired) electrons. The topological polar surface area (TPSA) is 76.1 Å². The summed E-state index contributed by atoms with van der Waals surface area (Å²) in [5.41, 5.74) is 6.22. The van der Waals surface area contributed by atoms with Gasteiger partial charge >= 0.3 is 0 Å². The maximum Gasteiger partial charge on any atom is 0.163 e. The van der Waals surface area contributed by atoms with Crippen LogP contribution in [-0.2, 0) is 0 Å². The van der Waals surface area contributed by atoms with Crippen LogP contribution in [0.3, 0.4) is 0 Å². The molecule has 0 saturated heterocycles. The summed E-state index contributed by atoms with van der Waals surface area (Å²) < 4.78 is 5.56. The molecule has 0 aliphatic carbocycles. The van der Waals surface area contributed by atoms with Gasteiger partial charge in [0.2, 0.25) is 0 Å². The Kier molecular flexibility index (Phi) is 4.33. The smallest absolute Gasteiger partial charge is 0.163 e. The zero-order chi connectivity index (χ0) is 13.8. The number of benzene rings is 1. The number of nitriles is 1. The number of carbonyl (C=O) groups excluding carboxylic acids is 1. The Morgan fingerprint density at radius 3 is 2.72 bits per heavy atom. The van der Waals surface area contributed by atoms with Gasteiger partial charge in [0.1, 0.15) is 5.75 Å². The molecule has 4 nitrogen and oxygen atoms in total. The van der Waals surface area contributed by atoms with E-state index in [0.717, 1.165) is 0 Å². The standard InChI is InChI=1S/C14H18N2O2/c1-10(17)12-8-11(16)4-5-13(12)18-7-6-14(2,3)9-15/h4-5,8H,6-7,16H2,1-3H3. The largest absolute Gasteiger partial charge is 0.493 e. The van der Waals surface area contributed by atoms with Gasteiger partial charge in [-0.25, -0.2) is 0 Å². The molecule has 0 heterocycles. The number of ketones is 1. The monoisotopic (exact) mass is 246 g/mol. The molecule has 0 spiro atoms. The van der Waals surface area contributed by atoms with Gasteiger partial charge in [-0.05, 0) is 45.4 Å². The van der Waals surface area contributed by atoms with Gasteiger partial charge in [0.15, 0.2) is 5.78 Å². The fourth-order valence-corrected chi connectivity index (χ4v) is 1.42. The van der Waals surface area contributed by atoms with Crippen molar-refractivity contribution in [3.05, 3.63) is 23.8 Å². The lowest BCUT2D eigenvalue weighted by Gasteiger charge is -2.16. The van der Waals surface area contributed by atoms with Crippen molar-refractivity contribution < 1.29 is 9.53 Å². The minimum absolute atomic E-state index is 0.0863. The van der Waals surface area contributed by atoms with E-state index in [-0.39, 0.29) is 5.78 Å². The Labute approximate surface area is 107 Å². The Morgan fingerprint density at radius 2 is 2.17 bits per heavy atom. The van der Waals surface area contributed by atoms with E-state index in [2.05, 4.69) is 6.07 Å². The number of nitrogens with two attached hydrogens (primary N) is 1. The summed E-state index contributed by atoms with van der Waals surface area (Å²) in [6, 6.07) is 7.19. The first-order chi connectivity index (χ1) is 8.35. The van der Waals surface area contributed by atoms with Crippen molar-refractivity contribution in [2.45, 2.75) is 27.2 Å². The van der Waals surface area contributed by atoms with Crippen molar-refractivity contribution in [1.29, 1.82) is 5.26 Å². The molecule has 0 aromatic heterocycles. The zero-order valence-electron chi connectivity index (χ0n) is 11.0. The van der Waals surface area contributed by atoms with Crippen LogP contribution in [0, 0.1) is 16.7 Å². The van der Waals surface area contributed by atoms with E-state index in [1.54, 1.807) is 18.2 Å². The van der Waals surface area contributed by atoms with Gasteiger partial charge in [-0.3, -0.25) is 4.79 Å². The summed E-state index contributed by atoms with van der Waals surface area (Å²) in [7, 11) is 0. The van der Waals surface area contributed by atoms with Gasteiger partial charge in [-0.1, -0.05) is 0 Å². The van der Waals surface area contributed by atoms with Crippen molar-refractivity contribution in [2.75, 3.05) is 12.3 Å². The van der Waals surface area contributed by atoms with Crippen LogP contribution in [0.2, 0.25) is 0 Å². The maximum absolute atomic E-state index is 11.4. The lowest BCUT2D eigenvalue weighted by Crippen LogP contribution is -2.14. The molecule has 1 rings (SSSR count). The van der Waals surface area contributed by atoms with E-state index in [1.807, 2.05) is 13.8 Å². The average Bonchev–Trinajstić information content (AvgIpc) is 2.30. The van der Waals surface area contributed by atoms with Gasteiger partial charge in [0.25, 0.3) is 0 Å². The van der Waals surface area contributed by atoms with Crippen molar-refractivity contribution in [3.63, 3.8) is 0 Å². The molecule has 0 aliphatic heterocycles. The molecular weight excluding hydrogens is 228 g/mol. The predicted molar refractivity (Wildman–Crippen MR) is 70.4 cm³/mol. The van der Waals surface area contributed by atoms with Crippen LogP contribution in [0.25, 0.3) is 0 Å². The molecular formula is C14H18N2O2. The van der Waals surface area contributed by atoms with Crippen LogP contribution in [0.1, 0.15) is 37.6 Å². The van der Waals surface area contributed by atoms with Crippen LogP contribution < -0.4 is 10.5 Å². The summed E-state index contributed by atoms with van der Waals surface area (Å²) in [5, 5.41) is 8.89. The predicted octanol–water partition coefficient (Wildman–Crippen LogP) is 2.79. The lowest BCUT2D eigenvalue weighted by atomic mass is 9.92. The zero-order valence-corrected chi connectivity index (χ0v) is 11.0. The Balaban J connectivity index is 2.74. The van der Waals surface area contributed by atoms with E-state index in [1.165, 1.54) is 6.92 Å². The van der Waals surface area contributed by atoms with Gasteiger partial charge in [0, 0.05) is 5.69 Å². The molecule has 4 heteroatoms. The molecule has 0 unspecified atom stereocenters. The highest BCUT2D eigenvalue weighted by molar-refractivity contribution is 5.97. The normalized spacial score (nSPS) is 10.8. The van der Waals surface area contributed by atoms with E-state index in [9.17, 15) is 4.79 Å². The number of nitrogens with zero attached hydrogens (tertiary/aromatic N) is 1. The van der Waals surface area contributed by atoms with E-state index in [4.69, 9.17) is 15.7 Å². The van der Waals surface area contributed by atoms with Gasteiger partial charge in [-0.15, -0.1) is 0 Å². The molecule has 0 saturated carbocycles. The van der Waals surface area contributed by atoms with Crippen LogP contribution in [-0.4, -0.2) is 12.4 Å². The first-order valence-electron chi connectivity index (χ1n) is 5.80. The molecule has 2 N–H and O–H groups in total. The molecule has 1 aromatic rings. The number of carbonyl (C=O) groups is 1. The van der Waals surface area contributed by atoms with Crippen molar-refractivity contribution in [1.82, 2.24) is 0 Å². The van der Waals surface area contributed by atoms with E-state index >= 15 is 0 Å². The second-order valence-corrected chi connectivity index (χ2v) is 4.91. The summed E-state index contributed by atoms with van der Waals surface area (Å²) in [5.74, 6) is 0.433. The molecule has 0 fully saturated rings. The highest BCUT2D eigenvalue weighted by Crippen LogP contribution is 2.24. The maximum atomic E-state index is 11.4. The molecule has 0 aliphatic rings. The first-order valence-corrected chi connectivity index (χ1v) is 5.80. The van der Waals surface area contributed by atoms with Gasteiger partial charge in [-0.2, -0.15) is 5.26 Å². The number of rotatable bonds is 5. The van der Waals surface area contributed by atoms with E-state index in [0.29, 0.717) is 30.0 Å². The average molecular weight is 246 g/mol. The quantitative estimate of drug-likeness (QED) is 0.640. The fourth-order valence-electron chi connectivity index (χ4n) is 1.42. The molecule has 96 valence electrons. The summed E-state index contributed by atoms with van der Waals surface area (Å²) in [4.78, 5) is 11.4. The molecule has 0 amide bonds. The second-order valence-electron chi connectivity index (χ2n) is 4.91. The van der Waals surface area contributed by atoms with Crippen LogP contribution >= 0.6 is 0 Å². The third-order valence-corrected chi connectivity index (χ3v) is 2.67. The Morgan fingerprint density at radius 1 is 1.50 bits per heavy atom. The summed E-state index contributed by atoms with van der Waals surface area (Å²) in [6.45, 7) is 5.57. The SMILES string of the molecule is CC(=O)c1cc(N)ccc1OCCC(C)(C)C#N. The summed E-state index contributed by atoms with van der Waals surface area (Å²) >= 11 is 0. The van der Waals surface area contributed by atoms with Crippen LogP contribution in [0.5, 0.6) is 5.75 Å². The molecule has 1 aromatic carbocycles. The second kappa shape index (κ2) is 5.54. The lowest BCUT2D eigenvalue weighted by molar-refractivity contribution is 0.101. The minimum Gasteiger partial charge on any atom is -0.493 e. The summed E-state index contributed by atoms with van der Waals surface area (Å²) in [6.07, 6.45) is 0.602. The highest BCUT2D eigenvalue weighted by Gasteiger charge is 2.17. The number of anilines is 1. The number of hydrogen-bond acceptors (Lipinski definition) is 4. The van der Waals surface area contributed by atoms with Crippen molar-refractivity contribution in [2.24, 2.45) is 5.41 Å². The van der Waals surface area contributed by atoms with Gasteiger partial charge < -0.3 is 10.5 Å². The van der Waals surface area contributed by atoms with Crippen LogP contribution in [0.15, 0.2) is 18.2 Å². The first kappa shape index (κ1) is 14.0. The molecule has 0 bridgehead atoms. The third kappa shape index (κ3) is 3.77. The highest BCUT2D eigenvalue weighted by atomic mass is 16.5. The number of nitrogen functional groups attached to an aromatic ring is 1. The fraction of sp³-hybridized carbons (Fsp3) is 0.429. The van der Waals surface area contributed by atoms with Gasteiger partial charge in [0.05, 0.1) is 23.7 Å². The molecule has 18 heavy (non-hydrogen) atoms.